The molecule has 27 heavy (non-hydrogen) atoms. The zero-order valence-electron chi connectivity index (χ0n) is 13.6. The van der Waals surface area contributed by atoms with E-state index in [1.54, 1.807) is 30.6 Å². The van der Waals surface area contributed by atoms with Gasteiger partial charge in [-0.15, -0.1) is 10.2 Å². The molecule has 4 rings (SSSR count). The Hall–Kier alpha value is -2.43. The first kappa shape index (κ1) is 19.3. The molecule has 3 aromatic heterocycles. The molecular weight excluding hydrogens is 486 g/mol. The molecule has 0 amide bonds. The molecule has 1 aromatic carbocycles. The maximum absolute atomic E-state index is 13.7. The van der Waals surface area contributed by atoms with E-state index < -0.39 is 11.6 Å². The predicted molar refractivity (Wildman–Crippen MR) is 106 cm³/mol. The van der Waals surface area contributed by atoms with Crippen molar-refractivity contribution in [3.8, 4) is 11.4 Å². The fourth-order valence-electron chi connectivity index (χ4n) is 2.21. The van der Waals surface area contributed by atoms with Gasteiger partial charge in [0, 0.05) is 21.3 Å². The van der Waals surface area contributed by atoms with E-state index in [1.807, 2.05) is 6.07 Å². The fourth-order valence-corrected chi connectivity index (χ4v) is 2.78. The molecule has 3 heterocycles. The molecule has 0 atom stereocenters. The number of hydrogen-bond donors (Lipinski definition) is 2. The molecule has 138 valence electrons. The summed E-state index contributed by atoms with van der Waals surface area (Å²) < 4.78 is 30.7. The Morgan fingerprint density at radius 1 is 0.926 bits per heavy atom. The molecule has 0 aliphatic carbocycles. The minimum atomic E-state index is -0.663. The van der Waals surface area contributed by atoms with Crippen LogP contribution in [0.2, 0.25) is 0 Å². The van der Waals surface area contributed by atoms with Crippen LogP contribution in [0.15, 0.2) is 63.8 Å². The summed E-state index contributed by atoms with van der Waals surface area (Å²) in [5.41, 5.74) is 2.77. The average molecular weight is 498 g/mol. The Balaban J connectivity index is 0.000000197. The number of nitrogen functional groups attached to an aromatic ring is 1. The zero-order chi connectivity index (χ0) is 19.4. The summed E-state index contributed by atoms with van der Waals surface area (Å²) in [4.78, 5) is 3.91. The summed E-state index contributed by atoms with van der Waals surface area (Å²) in [6.45, 7) is 0. The Kier molecular flexibility index (Phi) is 6.09. The number of nitrogens with one attached hydrogen (secondary N) is 1. The van der Waals surface area contributed by atoms with E-state index in [1.165, 1.54) is 22.6 Å². The van der Waals surface area contributed by atoms with Crippen LogP contribution in [0.4, 0.5) is 14.6 Å². The van der Waals surface area contributed by atoms with Gasteiger partial charge in [-0.3, -0.25) is 4.40 Å². The van der Waals surface area contributed by atoms with Crippen LogP contribution in [0, 0.1) is 11.6 Å². The molecule has 0 aliphatic rings. The number of aromatic nitrogens is 4. The monoisotopic (exact) mass is 496 g/mol. The second-order valence-electron chi connectivity index (χ2n) is 5.20. The quantitative estimate of drug-likeness (QED) is 0.313. The fraction of sp³-hybridized carbons (Fsp3) is 0. The smallest absolute Gasteiger partial charge is 0.174 e. The van der Waals surface area contributed by atoms with Gasteiger partial charge in [0.15, 0.2) is 11.5 Å². The van der Waals surface area contributed by atoms with Crippen molar-refractivity contribution in [2.24, 2.45) is 5.84 Å². The first-order valence-corrected chi connectivity index (χ1v) is 9.11. The third-order valence-electron chi connectivity index (χ3n) is 3.43. The summed E-state index contributed by atoms with van der Waals surface area (Å²) in [6.07, 6.45) is 3.34. The van der Waals surface area contributed by atoms with Gasteiger partial charge in [0.2, 0.25) is 0 Å². The molecule has 0 saturated heterocycles. The van der Waals surface area contributed by atoms with Crippen LogP contribution >= 0.6 is 31.9 Å². The molecule has 0 radical (unpaired) electrons. The number of halogens is 4. The molecule has 0 aliphatic heterocycles. The van der Waals surface area contributed by atoms with E-state index in [0.717, 1.165) is 8.95 Å². The van der Waals surface area contributed by atoms with Crippen molar-refractivity contribution in [2.75, 3.05) is 5.43 Å². The van der Waals surface area contributed by atoms with Crippen molar-refractivity contribution in [2.45, 2.75) is 0 Å². The van der Waals surface area contributed by atoms with Crippen molar-refractivity contribution in [1.82, 2.24) is 19.6 Å². The first-order valence-electron chi connectivity index (χ1n) is 7.52. The van der Waals surface area contributed by atoms with Gasteiger partial charge in [-0.25, -0.2) is 19.6 Å². The highest BCUT2D eigenvalue weighted by Gasteiger charge is 2.17. The summed E-state index contributed by atoms with van der Waals surface area (Å²) in [6, 6.07) is 10.8. The van der Waals surface area contributed by atoms with E-state index in [4.69, 9.17) is 5.84 Å². The maximum atomic E-state index is 13.7. The van der Waals surface area contributed by atoms with Gasteiger partial charge in [-0.1, -0.05) is 6.07 Å². The van der Waals surface area contributed by atoms with Crippen molar-refractivity contribution >= 4 is 43.3 Å². The van der Waals surface area contributed by atoms with Crippen molar-refractivity contribution in [1.29, 1.82) is 0 Å². The van der Waals surface area contributed by atoms with Crippen LogP contribution in [-0.2, 0) is 0 Å². The molecule has 4 aromatic rings. The number of nitrogens with zero attached hydrogens (tertiary/aromatic N) is 4. The van der Waals surface area contributed by atoms with Crippen LogP contribution in [0.5, 0.6) is 0 Å². The van der Waals surface area contributed by atoms with E-state index >= 15 is 0 Å². The number of benzene rings is 1. The van der Waals surface area contributed by atoms with Crippen LogP contribution in [0.1, 0.15) is 0 Å². The predicted octanol–water partition coefficient (Wildman–Crippen LogP) is 4.57. The second kappa shape index (κ2) is 8.51. The first-order chi connectivity index (χ1) is 13.0. The van der Waals surface area contributed by atoms with Crippen molar-refractivity contribution in [3.05, 3.63) is 75.4 Å². The minimum absolute atomic E-state index is 0.141. The third-order valence-corrected chi connectivity index (χ3v) is 4.37. The standard InChI is InChI=1S/C12H6BrF2N3.C5H6BrN3/c13-7-4-5-10-16-17-12(18(10)6-7)11-8(14)2-1-3-9(11)15;6-4-1-2-5(9-7)8-3-4/h1-6H;1-3H,7H2,(H,8,9). The van der Waals surface area contributed by atoms with Gasteiger partial charge in [0.1, 0.15) is 17.5 Å². The van der Waals surface area contributed by atoms with E-state index in [9.17, 15) is 8.78 Å². The number of rotatable bonds is 2. The van der Waals surface area contributed by atoms with Gasteiger partial charge < -0.3 is 5.43 Å². The van der Waals surface area contributed by atoms with Gasteiger partial charge in [0.25, 0.3) is 0 Å². The molecule has 10 heteroatoms. The highest BCUT2D eigenvalue weighted by molar-refractivity contribution is 9.10. The third kappa shape index (κ3) is 4.46. The van der Waals surface area contributed by atoms with Gasteiger partial charge in [-0.2, -0.15) is 0 Å². The Labute approximate surface area is 169 Å². The maximum Gasteiger partial charge on any atom is 0.174 e. The lowest BCUT2D eigenvalue weighted by Gasteiger charge is -2.03. The van der Waals surface area contributed by atoms with Crippen LogP contribution in [0.25, 0.3) is 17.0 Å². The van der Waals surface area contributed by atoms with E-state index in [2.05, 4.69) is 52.5 Å². The minimum Gasteiger partial charge on any atom is -0.308 e. The highest BCUT2D eigenvalue weighted by atomic mass is 79.9. The van der Waals surface area contributed by atoms with Crippen LogP contribution < -0.4 is 11.3 Å². The normalized spacial score (nSPS) is 10.4. The van der Waals surface area contributed by atoms with Crippen molar-refractivity contribution < 1.29 is 8.78 Å². The Bertz CT molecular complexity index is 1050. The number of nitrogens with two attached hydrogens (primary N) is 1. The van der Waals surface area contributed by atoms with E-state index in [-0.39, 0.29) is 11.4 Å². The molecule has 6 nitrogen and oxygen atoms in total. The summed E-state index contributed by atoms with van der Waals surface area (Å²) in [7, 11) is 0. The number of anilines is 1. The van der Waals surface area contributed by atoms with Crippen molar-refractivity contribution in [3.63, 3.8) is 0 Å². The molecule has 0 fully saturated rings. The van der Waals surface area contributed by atoms with Gasteiger partial charge in [-0.05, 0) is 68.3 Å². The van der Waals surface area contributed by atoms with Crippen LogP contribution in [-0.4, -0.2) is 19.6 Å². The summed E-state index contributed by atoms with van der Waals surface area (Å²) in [5.74, 6) is 4.55. The number of pyridine rings is 2. The number of fused-ring (bicyclic) bond motifs is 1. The topological polar surface area (TPSA) is 81.1 Å². The highest BCUT2D eigenvalue weighted by Crippen LogP contribution is 2.25. The van der Waals surface area contributed by atoms with Gasteiger partial charge >= 0.3 is 0 Å². The lowest BCUT2D eigenvalue weighted by atomic mass is 10.2. The Morgan fingerprint density at radius 3 is 2.26 bits per heavy atom. The molecular formula is C17H12Br2F2N6. The van der Waals surface area contributed by atoms with Crippen LogP contribution in [0.3, 0.4) is 0 Å². The van der Waals surface area contributed by atoms with Gasteiger partial charge in [0.05, 0.1) is 5.56 Å². The lowest BCUT2D eigenvalue weighted by molar-refractivity contribution is 0.587. The zero-order valence-corrected chi connectivity index (χ0v) is 16.7. The molecule has 0 spiro atoms. The summed E-state index contributed by atoms with van der Waals surface area (Å²) in [5, 5.41) is 7.72. The number of hydrazine groups is 1. The molecule has 0 saturated carbocycles. The molecule has 3 N–H and O–H groups in total. The SMILES string of the molecule is Fc1cccc(F)c1-c1nnc2ccc(Br)cn12.NNc1ccc(Br)cn1. The molecule has 0 bridgehead atoms. The summed E-state index contributed by atoms with van der Waals surface area (Å²) >= 11 is 6.54. The Morgan fingerprint density at radius 2 is 1.63 bits per heavy atom. The number of hydrogen-bond acceptors (Lipinski definition) is 5. The van der Waals surface area contributed by atoms with E-state index in [0.29, 0.717) is 11.5 Å². The molecule has 0 unspecified atom stereocenters. The lowest BCUT2D eigenvalue weighted by Crippen LogP contribution is -2.07. The average Bonchev–Trinajstić information content (AvgIpc) is 3.06. The second-order valence-corrected chi connectivity index (χ2v) is 7.03. The largest absolute Gasteiger partial charge is 0.308 e.